The predicted molar refractivity (Wildman–Crippen MR) is 80.5 cm³/mol. The maximum Gasteiger partial charge on any atom is 0.194 e. The number of nitrogens with two attached hydrogens (primary N) is 1. The number of nitrogens with zero attached hydrogens (tertiary/aromatic N) is 3. The van der Waals surface area contributed by atoms with Crippen molar-refractivity contribution in [3.05, 3.63) is 53.9 Å². The molecule has 0 radical (unpaired) electrons. The van der Waals surface area contributed by atoms with E-state index in [0.717, 1.165) is 27.2 Å². The molecule has 2 aromatic heterocycles. The predicted octanol–water partition coefficient (Wildman–Crippen LogP) is 2.94. The summed E-state index contributed by atoms with van der Waals surface area (Å²) in [4.78, 5) is 13.3. The molecule has 0 aliphatic heterocycles. The molecular weight excluding hydrogens is 268 g/mol. The van der Waals surface area contributed by atoms with Gasteiger partial charge in [0.2, 0.25) is 0 Å². The van der Waals surface area contributed by atoms with Gasteiger partial charge in [0.1, 0.15) is 5.03 Å². The minimum atomic E-state index is 0.491. The Morgan fingerprint density at radius 1 is 1.15 bits per heavy atom. The summed E-state index contributed by atoms with van der Waals surface area (Å²) in [6.45, 7) is 2.44. The first-order valence-corrected chi connectivity index (χ1v) is 7.14. The molecule has 20 heavy (non-hydrogen) atoms. The Labute approximate surface area is 121 Å². The number of pyridine rings is 1. The Kier molecular flexibility index (Phi) is 3.62. The van der Waals surface area contributed by atoms with E-state index in [1.54, 1.807) is 6.20 Å². The number of rotatable bonds is 3. The van der Waals surface area contributed by atoms with Crippen molar-refractivity contribution >= 4 is 22.7 Å². The summed E-state index contributed by atoms with van der Waals surface area (Å²) in [6, 6.07) is 11.9. The van der Waals surface area contributed by atoms with Crippen molar-refractivity contribution in [3.63, 3.8) is 0 Å². The van der Waals surface area contributed by atoms with E-state index in [0.29, 0.717) is 11.7 Å². The topological polar surface area (TPSA) is 64.7 Å². The van der Waals surface area contributed by atoms with Crippen LogP contribution in [-0.2, 0) is 6.54 Å². The zero-order chi connectivity index (χ0) is 13.9. The maximum atomic E-state index is 5.83. The number of fused-ring (bicyclic) bond motifs is 1. The van der Waals surface area contributed by atoms with Crippen molar-refractivity contribution in [3.8, 4) is 0 Å². The van der Waals surface area contributed by atoms with Crippen LogP contribution in [0.1, 0.15) is 11.3 Å². The standard InChI is InChI=1S/C15H14N4S/c1-10-6-7-17-15(18-10)20-14-8-11(9-16)12-4-2-3-5-13(12)19-14/h2-8H,9,16H2,1H3. The number of aryl methyl sites for hydroxylation is 1. The fraction of sp³-hybridized carbons (Fsp3) is 0.133. The Morgan fingerprint density at radius 2 is 2.00 bits per heavy atom. The van der Waals surface area contributed by atoms with Gasteiger partial charge in [-0.1, -0.05) is 18.2 Å². The first-order valence-electron chi connectivity index (χ1n) is 6.32. The lowest BCUT2D eigenvalue weighted by Gasteiger charge is -2.07. The molecule has 2 N–H and O–H groups in total. The maximum absolute atomic E-state index is 5.83. The Bertz CT molecular complexity index is 758. The highest BCUT2D eigenvalue weighted by Crippen LogP contribution is 2.27. The van der Waals surface area contributed by atoms with Crippen molar-refractivity contribution in [2.75, 3.05) is 0 Å². The van der Waals surface area contributed by atoms with Gasteiger partial charge in [0, 0.05) is 23.8 Å². The van der Waals surface area contributed by atoms with Gasteiger partial charge in [-0.3, -0.25) is 0 Å². The second-order valence-corrected chi connectivity index (χ2v) is 5.41. The molecule has 4 nitrogen and oxygen atoms in total. The van der Waals surface area contributed by atoms with Crippen LogP contribution in [0.4, 0.5) is 0 Å². The van der Waals surface area contributed by atoms with Crippen LogP contribution in [0.5, 0.6) is 0 Å². The first kappa shape index (κ1) is 13.0. The van der Waals surface area contributed by atoms with E-state index in [1.165, 1.54) is 11.8 Å². The molecule has 0 spiro atoms. The van der Waals surface area contributed by atoms with Crippen molar-refractivity contribution in [2.45, 2.75) is 23.7 Å². The van der Waals surface area contributed by atoms with E-state index in [9.17, 15) is 0 Å². The smallest absolute Gasteiger partial charge is 0.194 e. The molecule has 3 aromatic rings. The summed E-state index contributed by atoms with van der Waals surface area (Å²) in [6.07, 6.45) is 1.76. The minimum Gasteiger partial charge on any atom is -0.326 e. The summed E-state index contributed by atoms with van der Waals surface area (Å²) in [5, 5.41) is 2.68. The lowest BCUT2D eigenvalue weighted by molar-refractivity contribution is 0.928. The normalized spacial score (nSPS) is 10.9. The average Bonchev–Trinajstić information content (AvgIpc) is 2.46. The summed E-state index contributed by atoms with van der Waals surface area (Å²) in [5.41, 5.74) is 8.82. The summed E-state index contributed by atoms with van der Waals surface area (Å²) in [7, 11) is 0. The Morgan fingerprint density at radius 3 is 2.80 bits per heavy atom. The van der Waals surface area contributed by atoms with Gasteiger partial charge in [-0.05, 0) is 42.4 Å². The van der Waals surface area contributed by atoms with E-state index in [1.807, 2.05) is 43.3 Å². The molecule has 0 bridgehead atoms. The van der Waals surface area contributed by atoms with E-state index < -0.39 is 0 Å². The third kappa shape index (κ3) is 2.64. The second kappa shape index (κ2) is 5.56. The number of aromatic nitrogens is 3. The monoisotopic (exact) mass is 282 g/mol. The van der Waals surface area contributed by atoms with Gasteiger partial charge in [-0.15, -0.1) is 0 Å². The molecule has 3 rings (SSSR count). The second-order valence-electron chi connectivity index (χ2n) is 4.42. The highest BCUT2D eigenvalue weighted by Gasteiger charge is 2.07. The highest BCUT2D eigenvalue weighted by molar-refractivity contribution is 7.99. The fourth-order valence-corrected chi connectivity index (χ4v) is 2.85. The average molecular weight is 282 g/mol. The van der Waals surface area contributed by atoms with Crippen LogP contribution in [0.25, 0.3) is 10.9 Å². The van der Waals surface area contributed by atoms with Gasteiger partial charge in [-0.25, -0.2) is 15.0 Å². The zero-order valence-corrected chi connectivity index (χ0v) is 11.9. The molecule has 1 aromatic carbocycles. The van der Waals surface area contributed by atoms with Crippen molar-refractivity contribution in [1.29, 1.82) is 0 Å². The van der Waals surface area contributed by atoms with E-state index in [2.05, 4.69) is 15.0 Å². The molecular formula is C15H14N4S. The molecule has 0 atom stereocenters. The third-order valence-corrected chi connectivity index (χ3v) is 3.76. The molecule has 0 aliphatic rings. The van der Waals surface area contributed by atoms with E-state index >= 15 is 0 Å². The van der Waals surface area contributed by atoms with Crippen molar-refractivity contribution < 1.29 is 0 Å². The molecule has 0 saturated heterocycles. The minimum absolute atomic E-state index is 0.491. The molecule has 0 fully saturated rings. The summed E-state index contributed by atoms with van der Waals surface area (Å²) >= 11 is 1.46. The van der Waals surface area contributed by atoms with Gasteiger partial charge >= 0.3 is 0 Å². The largest absolute Gasteiger partial charge is 0.326 e. The lowest BCUT2D eigenvalue weighted by atomic mass is 10.1. The fourth-order valence-electron chi connectivity index (χ4n) is 2.01. The van der Waals surface area contributed by atoms with Crippen LogP contribution >= 0.6 is 11.8 Å². The molecule has 0 unspecified atom stereocenters. The molecule has 0 saturated carbocycles. The quantitative estimate of drug-likeness (QED) is 0.748. The van der Waals surface area contributed by atoms with Crippen molar-refractivity contribution in [1.82, 2.24) is 15.0 Å². The van der Waals surface area contributed by atoms with Crippen LogP contribution in [0.3, 0.4) is 0 Å². The van der Waals surface area contributed by atoms with Crippen molar-refractivity contribution in [2.24, 2.45) is 5.73 Å². The summed E-state index contributed by atoms with van der Waals surface area (Å²) < 4.78 is 0. The van der Waals surface area contributed by atoms with E-state index in [4.69, 9.17) is 5.73 Å². The zero-order valence-electron chi connectivity index (χ0n) is 11.1. The molecule has 0 aliphatic carbocycles. The molecule has 2 heterocycles. The molecule has 0 amide bonds. The summed E-state index contributed by atoms with van der Waals surface area (Å²) in [5.74, 6) is 0. The number of benzene rings is 1. The first-order chi connectivity index (χ1) is 9.76. The number of hydrogen-bond acceptors (Lipinski definition) is 5. The Balaban J connectivity index is 2.03. The lowest BCUT2D eigenvalue weighted by Crippen LogP contribution is -1.99. The van der Waals surface area contributed by atoms with Crippen LogP contribution in [0.15, 0.2) is 52.8 Å². The Hall–Kier alpha value is -1.98. The van der Waals surface area contributed by atoms with Crippen LogP contribution in [0.2, 0.25) is 0 Å². The third-order valence-electron chi connectivity index (χ3n) is 2.97. The van der Waals surface area contributed by atoms with Gasteiger partial charge < -0.3 is 5.73 Å². The van der Waals surface area contributed by atoms with Gasteiger partial charge in [0.15, 0.2) is 5.16 Å². The highest BCUT2D eigenvalue weighted by atomic mass is 32.2. The van der Waals surface area contributed by atoms with E-state index in [-0.39, 0.29) is 0 Å². The van der Waals surface area contributed by atoms with Crippen LogP contribution in [0, 0.1) is 6.92 Å². The van der Waals surface area contributed by atoms with Gasteiger partial charge in [0.05, 0.1) is 5.52 Å². The SMILES string of the molecule is Cc1ccnc(Sc2cc(CN)c3ccccc3n2)n1. The molecule has 100 valence electrons. The number of hydrogen-bond donors (Lipinski definition) is 1. The van der Waals surface area contributed by atoms with Crippen LogP contribution < -0.4 is 5.73 Å². The molecule has 5 heteroatoms. The van der Waals surface area contributed by atoms with Gasteiger partial charge in [0.25, 0.3) is 0 Å². The van der Waals surface area contributed by atoms with Gasteiger partial charge in [-0.2, -0.15) is 0 Å². The van der Waals surface area contributed by atoms with Crippen LogP contribution in [-0.4, -0.2) is 15.0 Å². The number of para-hydroxylation sites is 1.